The van der Waals surface area contributed by atoms with E-state index in [9.17, 15) is 5.11 Å². The predicted octanol–water partition coefficient (Wildman–Crippen LogP) is 2.64. The van der Waals surface area contributed by atoms with Gasteiger partial charge in [0.15, 0.2) is 0 Å². The average molecular weight is 282 g/mol. The molecule has 0 aromatic carbocycles. The zero-order chi connectivity index (χ0) is 14.4. The van der Waals surface area contributed by atoms with Crippen LogP contribution < -0.4 is 5.32 Å². The van der Waals surface area contributed by atoms with E-state index >= 15 is 0 Å². The lowest BCUT2D eigenvalue weighted by Gasteiger charge is -2.40. The van der Waals surface area contributed by atoms with E-state index < -0.39 is 0 Å². The third-order valence-electron chi connectivity index (χ3n) is 5.74. The molecule has 0 aromatic rings. The van der Waals surface area contributed by atoms with Gasteiger partial charge in [-0.1, -0.05) is 26.2 Å². The quantitative estimate of drug-likeness (QED) is 0.786. The Morgan fingerprint density at radius 1 is 1.25 bits per heavy atom. The molecule has 3 nitrogen and oxygen atoms in total. The van der Waals surface area contributed by atoms with Gasteiger partial charge >= 0.3 is 0 Å². The lowest BCUT2D eigenvalue weighted by Crippen LogP contribution is -2.48. The van der Waals surface area contributed by atoms with Crippen LogP contribution in [-0.2, 0) is 0 Å². The number of nitrogens with zero attached hydrogens (tertiary/aromatic N) is 1. The number of nitrogens with one attached hydrogen (secondary N) is 1. The highest BCUT2D eigenvalue weighted by Gasteiger charge is 2.32. The zero-order valence-electron chi connectivity index (χ0n) is 13.5. The molecule has 0 radical (unpaired) electrons. The van der Waals surface area contributed by atoms with Gasteiger partial charge in [-0.3, -0.25) is 0 Å². The van der Waals surface area contributed by atoms with Crippen molar-refractivity contribution in [2.24, 2.45) is 11.3 Å². The van der Waals surface area contributed by atoms with Crippen molar-refractivity contribution in [2.75, 3.05) is 32.8 Å². The Morgan fingerprint density at radius 3 is 2.65 bits per heavy atom. The lowest BCUT2D eigenvalue weighted by molar-refractivity contribution is 0.0720. The SMILES string of the molecule is CCN1CCCC(C(C)NCC2(CO)CCCCC2)C1. The highest BCUT2D eigenvalue weighted by Crippen LogP contribution is 2.35. The van der Waals surface area contributed by atoms with Gasteiger partial charge < -0.3 is 15.3 Å². The maximum absolute atomic E-state index is 9.80. The Hall–Kier alpha value is -0.120. The predicted molar refractivity (Wildman–Crippen MR) is 84.9 cm³/mol. The number of hydrogen-bond acceptors (Lipinski definition) is 3. The Kier molecular flexibility index (Phi) is 6.31. The summed E-state index contributed by atoms with van der Waals surface area (Å²) < 4.78 is 0. The number of rotatable bonds is 6. The van der Waals surface area contributed by atoms with Crippen molar-refractivity contribution in [1.82, 2.24) is 10.2 Å². The molecule has 2 aliphatic rings. The molecule has 2 fully saturated rings. The Morgan fingerprint density at radius 2 is 2.00 bits per heavy atom. The average Bonchev–Trinajstić information content (AvgIpc) is 2.53. The van der Waals surface area contributed by atoms with Crippen molar-refractivity contribution >= 4 is 0 Å². The summed E-state index contributed by atoms with van der Waals surface area (Å²) in [5.74, 6) is 0.781. The van der Waals surface area contributed by atoms with E-state index in [1.807, 2.05) is 0 Å². The molecule has 1 saturated carbocycles. The third-order valence-corrected chi connectivity index (χ3v) is 5.74. The fraction of sp³-hybridized carbons (Fsp3) is 1.00. The molecule has 2 unspecified atom stereocenters. The summed E-state index contributed by atoms with van der Waals surface area (Å²) in [6, 6.07) is 0.578. The molecule has 0 bridgehead atoms. The van der Waals surface area contributed by atoms with Crippen LogP contribution in [0.5, 0.6) is 0 Å². The van der Waals surface area contributed by atoms with E-state index in [4.69, 9.17) is 0 Å². The van der Waals surface area contributed by atoms with Crippen molar-refractivity contribution in [1.29, 1.82) is 0 Å². The monoisotopic (exact) mass is 282 g/mol. The van der Waals surface area contributed by atoms with E-state index in [1.165, 1.54) is 64.6 Å². The van der Waals surface area contributed by atoms with Gasteiger partial charge in [0.2, 0.25) is 0 Å². The summed E-state index contributed by atoms with van der Waals surface area (Å²) in [4.78, 5) is 2.58. The summed E-state index contributed by atoms with van der Waals surface area (Å²) >= 11 is 0. The first kappa shape index (κ1) is 16.3. The molecule has 2 rings (SSSR count). The second kappa shape index (κ2) is 7.77. The molecular formula is C17H34N2O. The van der Waals surface area contributed by atoms with Gasteiger partial charge in [-0.25, -0.2) is 0 Å². The van der Waals surface area contributed by atoms with Crippen LogP contribution in [0.3, 0.4) is 0 Å². The van der Waals surface area contributed by atoms with Crippen molar-refractivity contribution in [2.45, 2.75) is 64.8 Å². The number of hydrogen-bond donors (Lipinski definition) is 2. The molecule has 2 atom stereocenters. The molecule has 1 saturated heterocycles. The number of piperidine rings is 1. The highest BCUT2D eigenvalue weighted by molar-refractivity contribution is 4.87. The van der Waals surface area contributed by atoms with E-state index in [-0.39, 0.29) is 5.41 Å². The van der Waals surface area contributed by atoms with Gasteiger partial charge in [-0.15, -0.1) is 0 Å². The van der Waals surface area contributed by atoms with E-state index in [1.54, 1.807) is 0 Å². The summed E-state index contributed by atoms with van der Waals surface area (Å²) in [6.07, 6.45) is 9.05. The summed E-state index contributed by atoms with van der Waals surface area (Å²) in [7, 11) is 0. The van der Waals surface area contributed by atoms with Gasteiger partial charge in [-0.05, 0) is 51.6 Å². The van der Waals surface area contributed by atoms with Crippen LogP contribution in [0.25, 0.3) is 0 Å². The smallest absolute Gasteiger partial charge is 0.0499 e. The number of aliphatic hydroxyl groups is 1. The second-order valence-corrected chi connectivity index (χ2v) is 7.18. The fourth-order valence-electron chi connectivity index (χ4n) is 4.02. The first-order valence-electron chi connectivity index (χ1n) is 8.76. The number of aliphatic hydroxyl groups excluding tert-OH is 1. The highest BCUT2D eigenvalue weighted by atomic mass is 16.3. The fourth-order valence-corrected chi connectivity index (χ4v) is 4.02. The number of likely N-dealkylation sites (tertiary alicyclic amines) is 1. The Balaban J connectivity index is 1.79. The first-order chi connectivity index (χ1) is 9.69. The maximum atomic E-state index is 9.80. The second-order valence-electron chi connectivity index (χ2n) is 7.18. The van der Waals surface area contributed by atoms with Crippen LogP contribution >= 0.6 is 0 Å². The topological polar surface area (TPSA) is 35.5 Å². The van der Waals surface area contributed by atoms with Crippen LogP contribution in [0.15, 0.2) is 0 Å². The minimum Gasteiger partial charge on any atom is -0.396 e. The molecule has 0 spiro atoms. The molecule has 0 amide bonds. The molecule has 118 valence electrons. The standard InChI is InChI=1S/C17H34N2O/c1-3-19-11-7-8-16(12-19)15(2)18-13-17(14-20)9-5-4-6-10-17/h15-16,18,20H,3-14H2,1-2H3. The molecule has 20 heavy (non-hydrogen) atoms. The lowest BCUT2D eigenvalue weighted by atomic mass is 9.74. The molecular weight excluding hydrogens is 248 g/mol. The Bertz CT molecular complexity index is 276. The van der Waals surface area contributed by atoms with Gasteiger partial charge in [-0.2, -0.15) is 0 Å². The van der Waals surface area contributed by atoms with Crippen LogP contribution in [-0.4, -0.2) is 48.8 Å². The Labute approximate surface area is 125 Å². The molecule has 0 aromatic heterocycles. The van der Waals surface area contributed by atoms with Gasteiger partial charge in [0.25, 0.3) is 0 Å². The third kappa shape index (κ3) is 4.19. The maximum Gasteiger partial charge on any atom is 0.0499 e. The molecule has 3 heteroatoms. The minimum absolute atomic E-state index is 0.172. The van der Waals surface area contributed by atoms with Crippen molar-refractivity contribution in [3.63, 3.8) is 0 Å². The molecule has 2 N–H and O–H groups in total. The van der Waals surface area contributed by atoms with Crippen LogP contribution in [0.2, 0.25) is 0 Å². The van der Waals surface area contributed by atoms with Crippen molar-refractivity contribution in [3.8, 4) is 0 Å². The first-order valence-corrected chi connectivity index (χ1v) is 8.76. The van der Waals surface area contributed by atoms with E-state index in [0.29, 0.717) is 12.6 Å². The normalized spacial score (nSPS) is 29.2. The minimum atomic E-state index is 0.172. The van der Waals surface area contributed by atoms with Gasteiger partial charge in [0.1, 0.15) is 0 Å². The summed E-state index contributed by atoms with van der Waals surface area (Å²) in [6.45, 7) is 9.69. The van der Waals surface area contributed by atoms with Crippen LogP contribution in [0.1, 0.15) is 58.8 Å². The van der Waals surface area contributed by atoms with Gasteiger partial charge in [0, 0.05) is 31.2 Å². The van der Waals surface area contributed by atoms with Crippen molar-refractivity contribution in [3.05, 3.63) is 0 Å². The summed E-state index contributed by atoms with van der Waals surface area (Å²) in [5.41, 5.74) is 0.172. The largest absolute Gasteiger partial charge is 0.396 e. The molecule has 1 aliphatic carbocycles. The summed E-state index contributed by atoms with van der Waals surface area (Å²) in [5, 5.41) is 13.6. The van der Waals surface area contributed by atoms with Crippen molar-refractivity contribution < 1.29 is 5.11 Å². The van der Waals surface area contributed by atoms with Crippen LogP contribution in [0, 0.1) is 11.3 Å². The van der Waals surface area contributed by atoms with Crippen LogP contribution in [0.4, 0.5) is 0 Å². The zero-order valence-corrected chi connectivity index (χ0v) is 13.5. The van der Waals surface area contributed by atoms with E-state index in [2.05, 4.69) is 24.1 Å². The van der Waals surface area contributed by atoms with E-state index in [0.717, 1.165) is 12.5 Å². The molecule has 1 heterocycles. The van der Waals surface area contributed by atoms with Gasteiger partial charge in [0.05, 0.1) is 0 Å². The molecule has 1 aliphatic heterocycles.